The van der Waals surface area contributed by atoms with Crippen LogP contribution in [0.25, 0.3) is 0 Å². The summed E-state index contributed by atoms with van der Waals surface area (Å²) in [6.45, 7) is 1.58. The minimum Gasteiger partial charge on any atom is -0.497 e. The zero-order valence-corrected chi connectivity index (χ0v) is 15.3. The number of methoxy groups -OCH3 is 1. The molecule has 0 aliphatic rings. The van der Waals surface area contributed by atoms with Gasteiger partial charge in [0.2, 0.25) is 0 Å². The van der Waals surface area contributed by atoms with Gasteiger partial charge in [0.25, 0.3) is 5.91 Å². The van der Waals surface area contributed by atoms with Crippen LogP contribution < -0.4 is 9.64 Å². The number of hydrogen-bond donors (Lipinski definition) is 0. The fraction of sp³-hybridized carbons (Fsp3) is 0.263. The Kier molecular flexibility index (Phi) is 6.89. The third-order valence-corrected chi connectivity index (χ3v) is 4.53. The first-order valence-electron chi connectivity index (χ1n) is 7.80. The Bertz CT molecular complexity index is 703. The van der Waals surface area contributed by atoms with E-state index in [1.807, 2.05) is 54.6 Å². The van der Waals surface area contributed by atoms with Gasteiger partial charge in [-0.15, -0.1) is 11.8 Å². The summed E-state index contributed by atoms with van der Waals surface area (Å²) in [7, 11) is 3.26. The highest BCUT2D eigenvalue weighted by Gasteiger charge is 2.22. The number of likely N-dealkylation sites (N-methyl/N-ethyl adjacent to an activating group) is 1. The molecule has 0 aromatic heterocycles. The second-order valence-electron chi connectivity index (χ2n) is 5.33. The topological polar surface area (TPSA) is 55.8 Å². The van der Waals surface area contributed by atoms with Gasteiger partial charge >= 0.3 is 5.97 Å². The number of esters is 1. The highest BCUT2D eigenvalue weighted by atomic mass is 32.2. The van der Waals surface area contributed by atoms with Crippen LogP contribution in [0.2, 0.25) is 0 Å². The molecular weight excluding hydrogens is 338 g/mol. The average molecular weight is 359 g/mol. The number of carbonyl (C=O) groups excluding carboxylic acids is 2. The van der Waals surface area contributed by atoms with Gasteiger partial charge in [-0.3, -0.25) is 9.59 Å². The van der Waals surface area contributed by atoms with Gasteiger partial charge in [-0.05, 0) is 43.3 Å². The van der Waals surface area contributed by atoms with Crippen LogP contribution in [0, 0.1) is 0 Å². The molecule has 6 heteroatoms. The van der Waals surface area contributed by atoms with Crippen LogP contribution in [0.4, 0.5) is 5.69 Å². The number of rotatable bonds is 7. The predicted octanol–water partition coefficient (Wildman–Crippen LogP) is 3.38. The van der Waals surface area contributed by atoms with Gasteiger partial charge in [-0.1, -0.05) is 18.2 Å². The van der Waals surface area contributed by atoms with E-state index in [9.17, 15) is 9.59 Å². The summed E-state index contributed by atoms with van der Waals surface area (Å²) in [5, 5.41) is 0. The normalized spacial score (nSPS) is 11.5. The monoisotopic (exact) mass is 359 g/mol. The standard InChI is InChI=1S/C19H21NO4S/c1-14(19(22)20(2)15-7-5-4-6-8-15)24-18(21)13-25-17-11-9-16(23-3)10-12-17/h4-12,14H,13H2,1-3H3/t14-/m0/s1. The van der Waals surface area contributed by atoms with E-state index < -0.39 is 12.1 Å². The fourth-order valence-corrected chi connectivity index (χ4v) is 2.83. The summed E-state index contributed by atoms with van der Waals surface area (Å²) in [5.74, 6) is 0.200. The average Bonchev–Trinajstić information content (AvgIpc) is 2.66. The second-order valence-corrected chi connectivity index (χ2v) is 6.38. The van der Waals surface area contributed by atoms with Crippen molar-refractivity contribution in [3.8, 4) is 5.75 Å². The Hall–Kier alpha value is -2.47. The van der Waals surface area contributed by atoms with Crippen molar-refractivity contribution in [1.29, 1.82) is 0 Å². The van der Waals surface area contributed by atoms with E-state index in [0.717, 1.165) is 16.3 Å². The van der Waals surface area contributed by atoms with Gasteiger partial charge in [0.05, 0.1) is 12.9 Å². The molecule has 0 fully saturated rings. The van der Waals surface area contributed by atoms with Crippen molar-refractivity contribution in [2.45, 2.75) is 17.9 Å². The van der Waals surface area contributed by atoms with E-state index in [1.54, 1.807) is 21.1 Å². The maximum Gasteiger partial charge on any atom is 0.317 e. The number of ether oxygens (including phenoxy) is 2. The van der Waals surface area contributed by atoms with Crippen molar-refractivity contribution >= 4 is 29.3 Å². The fourth-order valence-electron chi connectivity index (χ4n) is 2.15. The van der Waals surface area contributed by atoms with Gasteiger partial charge in [0, 0.05) is 17.6 Å². The number of nitrogens with zero attached hydrogens (tertiary/aromatic N) is 1. The van der Waals surface area contributed by atoms with E-state index >= 15 is 0 Å². The van der Waals surface area contributed by atoms with Gasteiger partial charge in [0.1, 0.15) is 5.75 Å². The van der Waals surface area contributed by atoms with Crippen molar-refractivity contribution in [2.24, 2.45) is 0 Å². The number of carbonyl (C=O) groups is 2. The molecular formula is C19H21NO4S. The van der Waals surface area contributed by atoms with Crippen LogP contribution >= 0.6 is 11.8 Å². The van der Waals surface area contributed by atoms with Crippen LogP contribution in [-0.4, -0.2) is 37.9 Å². The molecule has 1 atom stereocenters. The van der Waals surface area contributed by atoms with Crippen molar-refractivity contribution < 1.29 is 19.1 Å². The summed E-state index contributed by atoms with van der Waals surface area (Å²) in [6.07, 6.45) is -0.839. The zero-order valence-electron chi connectivity index (χ0n) is 14.5. The number of benzene rings is 2. The molecule has 132 valence electrons. The lowest BCUT2D eigenvalue weighted by Crippen LogP contribution is -2.37. The molecule has 2 aromatic rings. The minimum absolute atomic E-state index is 0.138. The maximum absolute atomic E-state index is 12.4. The molecule has 0 saturated heterocycles. The number of hydrogen-bond acceptors (Lipinski definition) is 5. The summed E-state index contributed by atoms with van der Waals surface area (Å²) in [4.78, 5) is 26.7. The molecule has 0 N–H and O–H groups in total. The zero-order chi connectivity index (χ0) is 18.2. The number of para-hydroxylation sites is 1. The molecule has 0 aliphatic heterocycles. The quantitative estimate of drug-likeness (QED) is 0.560. The Morgan fingerprint density at radius 3 is 2.32 bits per heavy atom. The van der Waals surface area contributed by atoms with Crippen LogP contribution in [0.3, 0.4) is 0 Å². The molecule has 0 aliphatic carbocycles. The third-order valence-electron chi connectivity index (χ3n) is 3.55. The van der Waals surface area contributed by atoms with E-state index in [-0.39, 0.29) is 11.7 Å². The lowest BCUT2D eigenvalue weighted by Gasteiger charge is -2.21. The molecule has 0 spiro atoms. The lowest BCUT2D eigenvalue weighted by molar-refractivity contribution is -0.151. The Morgan fingerprint density at radius 1 is 1.08 bits per heavy atom. The molecule has 0 bridgehead atoms. The maximum atomic E-state index is 12.4. The number of thioether (sulfide) groups is 1. The molecule has 25 heavy (non-hydrogen) atoms. The Morgan fingerprint density at radius 2 is 1.72 bits per heavy atom. The summed E-state index contributed by atoms with van der Waals surface area (Å²) in [6, 6.07) is 16.6. The molecule has 2 aromatic carbocycles. The molecule has 0 radical (unpaired) electrons. The second kappa shape index (κ2) is 9.13. The molecule has 2 rings (SSSR count). The largest absolute Gasteiger partial charge is 0.497 e. The number of amides is 1. The summed E-state index contributed by atoms with van der Waals surface area (Å²) >= 11 is 1.35. The third kappa shape index (κ3) is 5.53. The molecule has 0 unspecified atom stereocenters. The van der Waals surface area contributed by atoms with Gasteiger partial charge in [-0.25, -0.2) is 0 Å². The first-order valence-corrected chi connectivity index (χ1v) is 8.78. The molecule has 0 saturated carbocycles. The number of anilines is 1. The van der Waals surface area contributed by atoms with E-state index in [1.165, 1.54) is 16.7 Å². The lowest BCUT2D eigenvalue weighted by atomic mass is 10.2. The van der Waals surface area contributed by atoms with Gasteiger partial charge < -0.3 is 14.4 Å². The van der Waals surface area contributed by atoms with Crippen LogP contribution in [0.1, 0.15) is 6.92 Å². The smallest absolute Gasteiger partial charge is 0.317 e. The summed E-state index contributed by atoms with van der Waals surface area (Å²) < 4.78 is 10.3. The summed E-state index contributed by atoms with van der Waals surface area (Å²) in [5.41, 5.74) is 0.753. The highest BCUT2D eigenvalue weighted by molar-refractivity contribution is 8.00. The first-order chi connectivity index (χ1) is 12.0. The van der Waals surface area contributed by atoms with Crippen LogP contribution in [0.5, 0.6) is 5.75 Å². The van der Waals surface area contributed by atoms with Crippen molar-refractivity contribution in [3.63, 3.8) is 0 Å². The van der Waals surface area contributed by atoms with Crippen LogP contribution in [0.15, 0.2) is 59.5 Å². The Labute approximate surface area is 151 Å². The van der Waals surface area contributed by atoms with Crippen molar-refractivity contribution in [2.75, 3.05) is 24.8 Å². The Balaban J connectivity index is 1.83. The SMILES string of the molecule is COc1ccc(SCC(=O)O[C@@H](C)C(=O)N(C)c2ccccc2)cc1. The first kappa shape index (κ1) is 18.9. The predicted molar refractivity (Wildman–Crippen MR) is 99.1 cm³/mol. The van der Waals surface area contributed by atoms with Crippen molar-refractivity contribution in [1.82, 2.24) is 0 Å². The van der Waals surface area contributed by atoms with Crippen LogP contribution in [-0.2, 0) is 14.3 Å². The molecule has 5 nitrogen and oxygen atoms in total. The van der Waals surface area contributed by atoms with E-state index in [4.69, 9.17) is 9.47 Å². The molecule has 1 amide bonds. The minimum atomic E-state index is -0.839. The van der Waals surface area contributed by atoms with Gasteiger partial charge in [0.15, 0.2) is 6.10 Å². The van der Waals surface area contributed by atoms with E-state index in [2.05, 4.69) is 0 Å². The van der Waals surface area contributed by atoms with Gasteiger partial charge in [-0.2, -0.15) is 0 Å². The van der Waals surface area contributed by atoms with Crippen molar-refractivity contribution in [3.05, 3.63) is 54.6 Å². The van der Waals surface area contributed by atoms with E-state index in [0.29, 0.717) is 0 Å². The highest BCUT2D eigenvalue weighted by Crippen LogP contribution is 2.21. The molecule has 0 heterocycles.